The molecule has 9 heteroatoms. The lowest BCUT2D eigenvalue weighted by molar-refractivity contribution is -0.0865. The Morgan fingerprint density at radius 2 is 2.18 bits per heavy atom. The van der Waals surface area contributed by atoms with Crippen molar-refractivity contribution < 1.29 is 24.9 Å². The third-order valence-electron chi connectivity index (χ3n) is 2.85. The van der Waals surface area contributed by atoms with Crippen LogP contribution < -0.4 is 16.4 Å². The minimum Gasteiger partial charge on any atom is -0.394 e. The number of carbonyl (C=O) groups is 1. The van der Waals surface area contributed by atoms with Crippen LogP contribution >= 0.6 is 0 Å². The molecule has 2 heterocycles. The highest BCUT2D eigenvalue weighted by Crippen LogP contribution is 2.24. The van der Waals surface area contributed by atoms with E-state index in [4.69, 9.17) is 15.6 Å². The summed E-state index contributed by atoms with van der Waals surface area (Å²) in [5, 5.41) is 33.4. The van der Waals surface area contributed by atoms with Gasteiger partial charge in [0.05, 0.1) is 13.3 Å². The summed E-state index contributed by atoms with van der Waals surface area (Å²) in [6.45, 7) is -0.350. The van der Waals surface area contributed by atoms with E-state index in [0.29, 0.717) is 0 Å². The van der Waals surface area contributed by atoms with Crippen molar-refractivity contribution in [1.29, 1.82) is 0 Å². The summed E-state index contributed by atoms with van der Waals surface area (Å²) >= 11 is 0. The molecule has 9 nitrogen and oxygen atoms in total. The van der Waals surface area contributed by atoms with Crippen LogP contribution in [0.15, 0.2) is 0 Å². The van der Waals surface area contributed by atoms with Crippen LogP contribution in [0.1, 0.15) is 0 Å². The number of ether oxygens (including phenoxy) is 1. The minimum absolute atomic E-state index is 0.0829. The van der Waals surface area contributed by atoms with Crippen molar-refractivity contribution in [3.8, 4) is 0 Å². The van der Waals surface area contributed by atoms with E-state index in [-0.39, 0.29) is 6.67 Å². The van der Waals surface area contributed by atoms with E-state index >= 15 is 0 Å². The van der Waals surface area contributed by atoms with Gasteiger partial charge in [-0.15, -0.1) is 0 Å². The lowest BCUT2D eigenvalue weighted by Gasteiger charge is -2.36. The van der Waals surface area contributed by atoms with E-state index in [1.165, 1.54) is 0 Å². The number of amides is 2. The Morgan fingerprint density at radius 3 is 2.71 bits per heavy atom. The molecule has 0 aromatic rings. The van der Waals surface area contributed by atoms with Gasteiger partial charge in [0.15, 0.2) is 6.23 Å². The zero-order chi connectivity index (χ0) is 12.6. The van der Waals surface area contributed by atoms with Gasteiger partial charge in [0, 0.05) is 0 Å². The molecule has 5 atom stereocenters. The number of nitrogens with one attached hydrogen (secondary N) is 2. The predicted octanol–water partition coefficient (Wildman–Crippen LogP) is -3.76. The van der Waals surface area contributed by atoms with Gasteiger partial charge in [0.1, 0.15) is 24.6 Å². The number of rotatable bonds is 2. The maximum Gasteiger partial charge on any atom is 0.322 e. The van der Waals surface area contributed by atoms with Crippen LogP contribution in [-0.2, 0) is 4.74 Å². The van der Waals surface area contributed by atoms with Gasteiger partial charge < -0.3 is 25.4 Å². The zero-order valence-corrected chi connectivity index (χ0v) is 8.98. The topological polar surface area (TPSA) is 140 Å². The zero-order valence-electron chi connectivity index (χ0n) is 8.98. The second-order valence-electron chi connectivity index (χ2n) is 3.99. The van der Waals surface area contributed by atoms with Crippen molar-refractivity contribution >= 4 is 6.03 Å². The predicted molar refractivity (Wildman–Crippen MR) is 54.1 cm³/mol. The van der Waals surface area contributed by atoms with E-state index in [1.807, 2.05) is 0 Å². The molecule has 0 radical (unpaired) electrons. The first kappa shape index (κ1) is 12.5. The Morgan fingerprint density at radius 1 is 1.47 bits per heavy atom. The molecule has 2 amide bonds. The van der Waals surface area contributed by atoms with Crippen LogP contribution in [0.4, 0.5) is 4.79 Å². The molecule has 17 heavy (non-hydrogen) atoms. The third kappa shape index (κ3) is 2.20. The largest absolute Gasteiger partial charge is 0.394 e. The van der Waals surface area contributed by atoms with Crippen molar-refractivity contribution in [1.82, 2.24) is 15.5 Å². The number of nitrogens with two attached hydrogens (primary N) is 1. The third-order valence-corrected chi connectivity index (χ3v) is 2.85. The fourth-order valence-corrected chi connectivity index (χ4v) is 1.88. The van der Waals surface area contributed by atoms with E-state index in [9.17, 15) is 15.0 Å². The molecule has 2 aliphatic heterocycles. The average Bonchev–Trinajstić information content (AvgIpc) is 2.57. The van der Waals surface area contributed by atoms with Gasteiger partial charge in [-0.2, -0.15) is 0 Å². The summed E-state index contributed by atoms with van der Waals surface area (Å²) in [6.07, 6.45) is -5.07. The van der Waals surface area contributed by atoms with Crippen molar-refractivity contribution in [3.63, 3.8) is 0 Å². The van der Waals surface area contributed by atoms with Crippen LogP contribution in [0.2, 0.25) is 0 Å². The van der Waals surface area contributed by atoms with Crippen LogP contribution in [0.5, 0.6) is 0 Å². The first-order chi connectivity index (χ1) is 8.04. The Bertz CT molecular complexity index is 304. The average molecular weight is 248 g/mol. The Labute approximate surface area is 97.1 Å². The van der Waals surface area contributed by atoms with Gasteiger partial charge in [-0.05, 0) is 0 Å². The van der Waals surface area contributed by atoms with E-state index < -0.39 is 43.5 Å². The molecule has 0 aromatic heterocycles. The Hall–Kier alpha value is -0.970. The monoisotopic (exact) mass is 248 g/mol. The van der Waals surface area contributed by atoms with Gasteiger partial charge >= 0.3 is 6.03 Å². The van der Waals surface area contributed by atoms with Crippen LogP contribution in [-0.4, -0.2) is 70.4 Å². The fourth-order valence-electron chi connectivity index (χ4n) is 1.88. The molecule has 7 N–H and O–H groups in total. The molecular weight excluding hydrogens is 232 g/mol. The second kappa shape index (κ2) is 4.72. The van der Waals surface area contributed by atoms with Crippen molar-refractivity contribution in [2.24, 2.45) is 5.73 Å². The Kier molecular flexibility index (Phi) is 3.47. The molecule has 2 fully saturated rings. The van der Waals surface area contributed by atoms with Gasteiger partial charge in [-0.3, -0.25) is 16.0 Å². The summed E-state index contributed by atoms with van der Waals surface area (Å²) < 4.78 is 5.21. The number of hydrogen-bond donors (Lipinski definition) is 6. The lowest BCUT2D eigenvalue weighted by Crippen LogP contribution is -2.67. The fraction of sp³-hybridized carbons (Fsp3) is 0.875. The van der Waals surface area contributed by atoms with Gasteiger partial charge in [-0.25, -0.2) is 4.79 Å². The summed E-state index contributed by atoms with van der Waals surface area (Å²) in [5.41, 5.74) is 5.44. The van der Waals surface area contributed by atoms with E-state index in [2.05, 4.69) is 10.6 Å². The quantitative estimate of drug-likeness (QED) is 0.295. The number of carbonyl (C=O) groups excluding carboxylic acids is 1. The highest BCUT2D eigenvalue weighted by Gasteiger charge is 2.47. The highest BCUT2D eigenvalue weighted by molar-refractivity contribution is 5.75. The molecule has 0 spiro atoms. The number of urea groups is 1. The van der Waals surface area contributed by atoms with Crippen molar-refractivity contribution in [3.05, 3.63) is 0 Å². The molecule has 0 aliphatic carbocycles. The van der Waals surface area contributed by atoms with Crippen molar-refractivity contribution in [2.75, 3.05) is 13.3 Å². The molecule has 0 saturated carbocycles. The molecule has 2 saturated heterocycles. The first-order valence-corrected chi connectivity index (χ1v) is 5.23. The molecule has 0 aromatic carbocycles. The Balaban J connectivity index is 2.05. The molecular formula is C8H16N4O5. The number of nitrogens with zero attached hydrogens (tertiary/aromatic N) is 1. The molecule has 2 aliphatic rings. The van der Waals surface area contributed by atoms with Gasteiger partial charge in [-0.1, -0.05) is 0 Å². The molecule has 2 rings (SSSR count). The number of hydrogen-bond acceptors (Lipinski definition) is 7. The van der Waals surface area contributed by atoms with Gasteiger partial charge in [0.25, 0.3) is 0 Å². The maximum absolute atomic E-state index is 11.6. The normalized spacial score (nSPS) is 42.7. The SMILES string of the molecule is NC1NCN([C@@H]2O[C@H](CO)[C@@H](O)[C@H]2O)C(=O)N1. The lowest BCUT2D eigenvalue weighted by atomic mass is 10.1. The van der Waals surface area contributed by atoms with Crippen molar-refractivity contribution in [2.45, 2.75) is 30.8 Å². The number of aliphatic hydroxyl groups is 3. The summed E-state index contributed by atoms with van der Waals surface area (Å²) in [7, 11) is 0. The summed E-state index contributed by atoms with van der Waals surface area (Å²) in [5.74, 6) is 0. The smallest absolute Gasteiger partial charge is 0.322 e. The van der Waals surface area contributed by atoms with Crippen LogP contribution in [0.25, 0.3) is 0 Å². The van der Waals surface area contributed by atoms with E-state index in [0.717, 1.165) is 4.90 Å². The number of aliphatic hydroxyl groups excluding tert-OH is 3. The molecule has 1 unspecified atom stereocenters. The molecule has 0 bridgehead atoms. The standard InChI is InChI=1S/C8H16N4O5/c9-7-10-2-12(8(16)11-7)6-5(15)4(14)3(1-13)17-6/h3-7,10,13-15H,1-2,9H2,(H,11,16)/t3-,4-,5-,6-,7?/m1/s1. The summed E-state index contributed by atoms with van der Waals surface area (Å²) in [4.78, 5) is 12.8. The van der Waals surface area contributed by atoms with Crippen LogP contribution in [0.3, 0.4) is 0 Å². The summed E-state index contributed by atoms with van der Waals surface area (Å²) in [6, 6.07) is -0.508. The van der Waals surface area contributed by atoms with E-state index in [1.54, 1.807) is 0 Å². The highest BCUT2D eigenvalue weighted by atomic mass is 16.6. The van der Waals surface area contributed by atoms with Crippen LogP contribution in [0, 0.1) is 0 Å². The van der Waals surface area contributed by atoms with Gasteiger partial charge in [0.2, 0.25) is 0 Å². The second-order valence-corrected chi connectivity index (χ2v) is 3.99. The molecule has 98 valence electrons. The maximum atomic E-state index is 11.6. The minimum atomic E-state index is -1.27. The first-order valence-electron chi connectivity index (χ1n) is 5.23.